The van der Waals surface area contributed by atoms with Crippen LogP contribution in [-0.4, -0.2) is 42.0 Å². The molecule has 19 heavy (non-hydrogen) atoms. The van der Waals surface area contributed by atoms with E-state index in [0.717, 1.165) is 37.6 Å². The van der Waals surface area contributed by atoms with Crippen LogP contribution in [0, 0.1) is 0 Å². The maximum atomic E-state index is 5.36. The van der Waals surface area contributed by atoms with Crippen molar-refractivity contribution in [3.63, 3.8) is 0 Å². The van der Waals surface area contributed by atoms with Crippen molar-refractivity contribution in [2.24, 2.45) is 0 Å². The highest BCUT2D eigenvalue weighted by Gasteiger charge is 2.23. The fraction of sp³-hybridized carbons (Fsp3) is 0.714. The van der Waals surface area contributed by atoms with Gasteiger partial charge in [-0.15, -0.1) is 5.10 Å². The van der Waals surface area contributed by atoms with E-state index >= 15 is 0 Å². The second-order valence-corrected chi connectivity index (χ2v) is 6.08. The Balaban J connectivity index is 1.92. The van der Waals surface area contributed by atoms with Gasteiger partial charge < -0.3 is 15.0 Å². The van der Waals surface area contributed by atoms with Crippen molar-refractivity contribution >= 4 is 5.82 Å². The van der Waals surface area contributed by atoms with Gasteiger partial charge in [-0.05, 0) is 39.3 Å². The molecule has 1 fully saturated rings. The second-order valence-electron chi connectivity index (χ2n) is 6.08. The van der Waals surface area contributed by atoms with Gasteiger partial charge in [0.05, 0.1) is 11.8 Å². The maximum Gasteiger partial charge on any atom is 0.151 e. The van der Waals surface area contributed by atoms with Gasteiger partial charge in [-0.2, -0.15) is 5.10 Å². The van der Waals surface area contributed by atoms with Crippen LogP contribution in [0.15, 0.2) is 12.1 Å². The lowest BCUT2D eigenvalue weighted by molar-refractivity contribution is 0.121. The van der Waals surface area contributed by atoms with Gasteiger partial charge >= 0.3 is 0 Å². The zero-order chi connectivity index (χ0) is 13.9. The smallest absolute Gasteiger partial charge is 0.151 e. The van der Waals surface area contributed by atoms with Gasteiger partial charge in [-0.25, -0.2) is 0 Å². The first-order valence-electron chi connectivity index (χ1n) is 6.83. The summed E-state index contributed by atoms with van der Waals surface area (Å²) in [5, 5.41) is 12.0. The van der Waals surface area contributed by atoms with E-state index in [9.17, 15) is 0 Å². The molecule has 1 aromatic heterocycles. The summed E-state index contributed by atoms with van der Waals surface area (Å²) in [7, 11) is 1.76. The Morgan fingerprint density at radius 3 is 2.68 bits per heavy atom. The van der Waals surface area contributed by atoms with Gasteiger partial charge in [0.15, 0.2) is 5.82 Å². The molecule has 2 rings (SSSR count). The van der Waals surface area contributed by atoms with Crippen LogP contribution in [0.1, 0.15) is 32.9 Å². The first-order chi connectivity index (χ1) is 8.98. The van der Waals surface area contributed by atoms with E-state index in [0.29, 0.717) is 6.10 Å². The van der Waals surface area contributed by atoms with Gasteiger partial charge in [0.2, 0.25) is 0 Å². The largest absolute Gasteiger partial charge is 0.380 e. The molecule has 1 saturated heterocycles. The molecule has 1 atom stereocenters. The number of rotatable bonds is 4. The number of hydrogen-bond donors (Lipinski definition) is 1. The summed E-state index contributed by atoms with van der Waals surface area (Å²) < 4.78 is 5.36. The van der Waals surface area contributed by atoms with Crippen molar-refractivity contribution in [2.45, 2.75) is 45.4 Å². The van der Waals surface area contributed by atoms with Crippen molar-refractivity contribution in [3.8, 4) is 0 Å². The molecule has 0 aromatic carbocycles. The van der Waals surface area contributed by atoms with Crippen LogP contribution in [0.5, 0.6) is 0 Å². The molecule has 5 heteroatoms. The average molecular weight is 264 g/mol. The normalized spacial score (nSPS) is 20.0. The Morgan fingerprint density at radius 1 is 1.37 bits per heavy atom. The standard InChI is InChI=1S/C14H24N4O/c1-14(2,3)15-9-11-5-6-13(17-16-11)18-8-7-12(10-18)19-4/h5-6,12,15H,7-10H2,1-4H3. The van der Waals surface area contributed by atoms with E-state index in [-0.39, 0.29) is 5.54 Å². The van der Waals surface area contributed by atoms with Crippen molar-refractivity contribution in [1.82, 2.24) is 15.5 Å². The third kappa shape index (κ3) is 4.14. The molecule has 0 spiro atoms. The lowest BCUT2D eigenvalue weighted by atomic mass is 10.1. The van der Waals surface area contributed by atoms with Crippen LogP contribution in [0.2, 0.25) is 0 Å². The van der Waals surface area contributed by atoms with Crippen LogP contribution in [0.4, 0.5) is 5.82 Å². The Hall–Kier alpha value is -1.20. The molecule has 106 valence electrons. The number of ether oxygens (including phenoxy) is 1. The number of aromatic nitrogens is 2. The first-order valence-corrected chi connectivity index (χ1v) is 6.83. The number of hydrogen-bond acceptors (Lipinski definition) is 5. The Kier molecular flexibility index (Phi) is 4.37. The molecule has 0 saturated carbocycles. The van der Waals surface area contributed by atoms with Gasteiger partial charge in [-0.3, -0.25) is 0 Å². The van der Waals surface area contributed by atoms with Crippen molar-refractivity contribution in [2.75, 3.05) is 25.1 Å². The van der Waals surface area contributed by atoms with Crippen molar-refractivity contribution in [3.05, 3.63) is 17.8 Å². The summed E-state index contributed by atoms with van der Waals surface area (Å²) in [6.07, 6.45) is 1.38. The fourth-order valence-corrected chi connectivity index (χ4v) is 2.10. The van der Waals surface area contributed by atoms with Crippen LogP contribution >= 0.6 is 0 Å². The minimum absolute atomic E-state index is 0.0982. The van der Waals surface area contributed by atoms with Crippen molar-refractivity contribution in [1.29, 1.82) is 0 Å². The molecule has 0 bridgehead atoms. The Morgan fingerprint density at radius 2 is 2.16 bits per heavy atom. The van der Waals surface area contributed by atoms with Crippen LogP contribution in [0.3, 0.4) is 0 Å². The summed E-state index contributed by atoms with van der Waals surface area (Å²) in [4.78, 5) is 2.22. The van der Waals surface area contributed by atoms with E-state index in [2.05, 4.69) is 41.2 Å². The van der Waals surface area contributed by atoms with Gasteiger partial charge in [0.25, 0.3) is 0 Å². The fourth-order valence-electron chi connectivity index (χ4n) is 2.10. The molecular formula is C14H24N4O. The lowest BCUT2D eigenvalue weighted by Crippen LogP contribution is -2.35. The van der Waals surface area contributed by atoms with Crippen LogP contribution in [0.25, 0.3) is 0 Å². The predicted octanol–water partition coefficient (Wildman–Crippen LogP) is 1.59. The van der Waals surface area contributed by atoms with E-state index in [1.807, 2.05) is 12.1 Å². The number of methoxy groups -OCH3 is 1. The summed E-state index contributed by atoms with van der Waals surface area (Å²) in [5.41, 5.74) is 1.07. The molecule has 1 unspecified atom stereocenters. The van der Waals surface area contributed by atoms with E-state index in [1.165, 1.54) is 0 Å². The summed E-state index contributed by atoms with van der Waals surface area (Å²) in [6.45, 7) is 9.08. The number of anilines is 1. The summed E-state index contributed by atoms with van der Waals surface area (Å²) in [6, 6.07) is 4.09. The van der Waals surface area contributed by atoms with E-state index in [4.69, 9.17) is 4.74 Å². The summed E-state index contributed by atoms with van der Waals surface area (Å²) in [5.74, 6) is 0.944. The molecule has 0 amide bonds. The van der Waals surface area contributed by atoms with Gasteiger partial charge in [0.1, 0.15) is 0 Å². The van der Waals surface area contributed by atoms with Crippen LogP contribution < -0.4 is 10.2 Å². The topological polar surface area (TPSA) is 50.3 Å². The number of nitrogens with zero attached hydrogens (tertiary/aromatic N) is 3. The molecule has 1 aliphatic heterocycles. The quantitative estimate of drug-likeness (QED) is 0.895. The minimum Gasteiger partial charge on any atom is -0.380 e. The van der Waals surface area contributed by atoms with E-state index in [1.54, 1.807) is 7.11 Å². The zero-order valence-corrected chi connectivity index (χ0v) is 12.3. The van der Waals surface area contributed by atoms with Crippen molar-refractivity contribution < 1.29 is 4.74 Å². The molecule has 1 aliphatic rings. The molecule has 0 aliphatic carbocycles. The Labute approximate surface area is 115 Å². The van der Waals surface area contributed by atoms with Crippen LogP contribution in [-0.2, 0) is 11.3 Å². The molecule has 5 nitrogen and oxygen atoms in total. The molecule has 0 radical (unpaired) electrons. The van der Waals surface area contributed by atoms with E-state index < -0.39 is 0 Å². The molecule has 1 aromatic rings. The molecule has 2 heterocycles. The number of nitrogens with one attached hydrogen (secondary N) is 1. The highest BCUT2D eigenvalue weighted by atomic mass is 16.5. The molecular weight excluding hydrogens is 240 g/mol. The Bertz CT molecular complexity index is 399. The highest BCUT2D eigenvalue weighted by molar-refractivity contribution is 5.38. The average Bonchev–Trinajstić information content (AvgIpc) is 2.85. The maximum absolute atomic E-state index is 5.36. The predicted molar refractivity (Wildman–Crippen MR) is 76.3 cm³/mol. The minimum atomic E-state index is 0.0982. The lowest BCUT2D eigenvalue weighted by Gasteiger charge is -2.20. The first kappa shape index (κ1) is 14.2. The third-order valence-corrected chi connectivity index (χ3v) is 3.31. The SMILES string of the molecule is COC1CCN(c2ccc(CNC(C)(C)C)nn2)C1. The highest BCUT2D eigenvalue weighted by Crippen LogP contribution is 2.18. The van der Waals surface area contributed by atoms with Gasteiger partial charge in [-0.1, -0.05) is 0 Å². The second kappa shape index (κ2) is 5.84. The monoisotopic (exact) mass is 264 g/mol. The van der Waals surface area contributed by atoms with Gasteiger partial charge in [0, 0.05) is 32.3 Å². The zero-order valence-electron chi connectivity index (χ0n) is 12.3. The molecule has 1 N–H and O–H groups in total. The third-order valence-electron chi connectivity index (χ3n) is 3.31. The summed E-state index contributed by atoms with van der Waals surface area (Å²) >= 11 is 0.